The summed E-state index contributed by atoms with van der Waals surface area (Å²) < 4.78 is 5.08. The van der Waals surface area contributed by atoms with Crippen LogP contribution in [0.15, 0.2) is 16.5 Å². The van der Waals surface area contributed by atoms with Crippen molar-refractivity contribution >= 4 is 24.2 Å². The molecule has 1 heterocycles. The molecule has 1 aromatic heterocycles. The first kappa shape index (κ1) is 8.97. The van der Waals surface area contributed by atoms with Crippen molar-refractivity contribution in [1.29, 1.82) is 0 Å². The Hall–Kier alpha value is -0.120. The Balaban J connectivity index is 2.73. The maximum atomic E-state index is 8.84. The molecule has 1 rings (SSSR count). The van der Waals surface area contributed by atoms with E-state index in [-0.39, 0.29) is 12.5 Å². The minimum absolute atomic E-state index is 0.0351. The summed E-state index contributed by atoms with van der Waals surface area (Å²) in [7, 11) is 0. The highest BCUT2D eigenvalue weighted by Crippen LogP contribution is 2.21. The van der Waals surface area contributed by atoms with E-state index in [1.54, 1.807) is 12.1 Å². The topological polar surface area (TPSA) is 33.4 Å². The normalized spacial score (nSPS) is 13.4. The van der Waals surface area contributed by atoms with Gasteiger partial charge in [-0.05, 0) is 23.7 Å². The van der Waals surface area contributed by atoms with Gasteiger partial charge in [0.25, 0.3) is 0 Å². The van der Waals surface area contributed by atoms with E-state index in [4.69, 9.17) is 21.1 Å². The van der Waals surface area contributed by atoms with Crippen LogP contribution in [0.3, 0.4) is 0 Å². The largest absolute Gasteiger partial charge is 0.449 e. The highest BCUT2D eigenvalue weighted by atomic mass is 35.5. The zero-order valence-electron chi connectivity index (χ0n) is 5.83. The summed E-state index contributed by atoms with van der Waals surface area (Å²) in [5.41, 5.74) is 0. The van der Waals surface area contributed by atoms with Gasteiger partial charge in [-0.2, -0.15) is 12.6 Å². The molecule has 0 bridgehead atoms. The van der Waals surface area contributed by atoms with Crippen molar-refractivity contribution in [1.82, 2.24) is 0 Å². The van der Waals surface area contributed by atoms with Gasteiger partial charge in [0.05, 0.1) is 6.61 Å². The van der Waals surface area contributed by atoms with E-state index in [1.165, 1.54) is 0 Å². The van der Waals surface area contributed by atoms with Gasteiger partial charge in [0, 0.05) is 11.7 Å². The summed E-state index contributed by atoms with van der Waals surface area (Å²) >= 11 is 9.60. The Kier molecular flexibility index (Phi) is 3.30. The van der Waals surface area contributed by atoms with Crippen LogP contribution in [-0.4, -0.2) is 17.5 Å². The maximum Gasteiger partial charge on any atom is 0.193 e. The lowest BCUT2D eigenvalue weighted by Gasteiger charge is -2.05. The molecule has 0 saturated carbocycles. The van der Waals surface area contributed by atoms with Crippen LogP contribution in [0.4, 0.5) is 0 Å². The van der Waals surface area contributed by atoms with Gasteiger partial charge in [0.15, 0.2) is 5.22 Å². The van der Waals surface area contributed by atoms with E-state index >= 15 is 0 Å². The lowest BCUT2D eigenvalue weighted by Crippen LogP contribution is -2.03. The van der Waals surface area contributed by atoms with Crippen LogP contribution in [0.2, 0.25) is 5.22 Å². The van der Waals surface area contributed by atoms with Crippen LogP contribution < -0.4 is 0 Å². The molecule has 0 aliphatic heterocycles. The second-order valence-electron chi connectivity index (χ2n) is 2.20. The number of rotatable bonds is 3. The van der Waals surface area contributed by atoms with Gasteiger partial charge in [0.2, 0.25) is 0 Å². The van der Waals surface area contributed by atoms with E-state index in [0.717, 1.165) is 0 Å². The van der Waals surface area contributed by atoms with E-state index in [0.29, 0.717) is 16.7 Å². The van der Waals surface area contributed by atoms with Crippen molar-refractivity contribution in [3.05, 3.63) is 23.1 Å². The Morgan fingerprint density at radius 3 is 2.73 bits per heavy atom. The van der Waals surface area contributed by atoms with Gasteiger partial charge in [-0.25, -0.2) is 0 Å². The van der Waals surface area contributed by atoms with Gasteiger partial charge >= 0.3 is 0 Å². The molecule has 1 unspecified atom stereocenters. The van der Waals surface area contributed by atoms with Crippen LogP contribution in [0.25, 0.3) is 0 Å². The number of aliphatic hydroxyl groups is 1. The third-order valence-corrected chi connectivity index (χ3v) is 2.08. The summed E-state index contributed by atoms with van der Waals surface area (Å²) in [5.74, 6) is 1.19. The predicted molar refractivity (Wildman–Crippen MR) is 47.4 cm³/mol. The van der Waals surface area contributed by atoms with Gasteiger partial charge in [-0.1, -0.05) is 0 Å². The fourth-order valence-electron chi connectivity index (χ4n) is 0.785. The van der Waals surface area contributed by atoms with E-state index < -0.39 is 0 Å². The van der Waals surface area contributed by atoms with Crippen LogP contribution in [0, 0.1) is 0 Å². The van der Waals surface area contributed by atoms with Gasteiger partial charge in [0.1, 0.15) is 5.76 Å². The van der Waals surface area contributed by atoms with Gasteiger partial charge in [-0.15, -0.1) is 0 Å². The second kappa shape index (κ2) is 4.04. The molecular weight excluding hydrogens is 184 g/mol. The lowest BCUT2D eigenvalue weighted by atomic mass is 10.1. The molecule has 1 N–H and O–H groups in total. The van der Waals surface area contributed by atoms with Crippen molar-refractivity contribution in [3.63, 3.8) is 0 Å². The lowest BCUT2D eigenvalue weighted by molar-refractivity contribution is 0.260. The van der Waals surface area contributed by atoms with Crippen molar-refractivity contribution < 1.29 is 9.52 Å². The fourth-order valence-corrected chi connectivity index (χ4v) is 1.23. The molecule has 0 spiro atoms. The summed E-state index contributed by atoms with van der Waals surface area (Å²) in [4.78, 5) is 0. The van der Waals surface area contributed by atoms with Crippen molar-refractivity contribution in [2.45, 2.75) is 5.92 Å². The van der Waals surface area contributed by atoms with E-state index in [2.05, 4.69) is 12.6 Å². The Morgan fingerprint density at radius 1 is 1.64 bits per heavy atom. The number of furan rings is 1. The molecular formula is C7H9ClO2S. The molecule has 0 aliphatic rings. The molecule has 1 atom stereocenters. The Morgan fingerprint density at radius 2 is 2.36 bits per heavy atom. The molecule has 0 aliphatic carbocycles. The summed E-state index contributed by atoms with van der Waals surface area (Å²) in [6.45, 7) is 0.0351. The number of thiol groups is 1. The van der Waals surface area contributed by atoms with Crippen molar-refractivity contribution in [2.24, 2.45) is 0 Å². The molecule has 1 aromatic rings. The number of hydrogen-bond acceptors (Lipinski definition) is 3. The van der Waals surface area contributed by atoms with Gasteiger partial charge < -0.3 is 9.52 Å². The minimum atomic E-state index is -0.0502. The standard InChI is InChI=1S/C7H9ClO2S/c8-7-2-1-6(10-7)5(3-9)4-11/h1-2,5,9,11H,3-4H2. The average molecular weight is 193 g/mol. The summed E-state index contributed by atoms with van der Waals surface area (Å²) in [6, 6.07) is 3.41. The fraction of sp³-hybridized carbons (Fsp3) is 0.429. The van der Waals surface area contributed by atoms with Crippen LogP contribution >= 0.6 is 24.2 Å². The van der Waals surface area contributed by atoms with E-state index in [1.807, 2.05) is 0 Å². The van der Waals surface area contributed by atoms with Crippen molar-refractivity contribution in [2.75, 3.05) is 12.4 Å². The monoisotopic (exact) mass is 192 g/mol. The Labute approximate surface area is 75.6 Å². The Bertz CT molecular complexity index is 220. The second-order valence-corrected chi connectivity index (χ2v) is 2.94. The average Bonchev–Trinajstić information content (AvgIpc) is 2.39. The highest BCUT2D eigenvalue weighted by molar-refractivity contribution is 7.80. The molecule has 4 heteroatoms. The third-order valence-electron chi connectivity index (χ3n) is 1.44. The molecule has 62 valence electrons. The molecule has 0 radical (unpaired) electrons. The molecule has 0 fully saturated rings. The quantitative estimate of drug-likeness (QED) is 0.718. The van der Waals surface area contributed by atoms with Crippen LogP contribution in [0.5, 0.6) is 0 Å². The minimum Gasteiger partial charge on any atom is -0.449 e. The SMILES string of the molecule is OCC(CS)c1ccc(Cl)o1. The molecule has 0 aromatic carbocycles. The molecule has 11 heavy (non-hydrogen) atoms. The summed E-state index contributed by atoms with van der Waals surface area (Å²) in [5, 5.41) is 9.18. The zero-order valence-corrected chi connectivity index (χ0v) is 7.48. The first-order chi connectivity index (χ1) is 5.27. The first-order valence-corrected chi connectivity index (χ1v) is 4.26. The molecule has 0 saturated heterocycles. The van der Waals surface area contributed by atoms with E-state index in [9.17, 15) is 0 Å². The van der Waals surface area contributed by atoms with Crippen molar-refractivity contribution in [3.8, 4) is 0 Å². The first-order valence-electron chi connectivity index (χ1n) is 3.25. The highest BCUT2D eigenvalue weighted by Gasteiger charge is 2.11. The molecule has 2 nitrogen and oxygen atoms in total. The third kappa shape index (κ3) is 2.15. The number of aliphatic hydroxyl groups excluding tert-OH is 1. The van der Waals surface area contributed by atoms with Gasteiger partial charge in [-0.3, -0.25) is 0 Å². The molecule has 0 amide bonds. The summed E-state index contributed by atoms with van der Waals surface area (Å²) in [6.07, 6.45) is 0. The number of halogens is 1. The predicted octanol–water partition coefficient (Wildman–Crippen LogP) is 1.94. The number of hydrogen-bond donors (Lipinski definition) is 2. The zero-order chi connectivity index (χ0) is 8.27. The van der Waals surface area contributed by atoms with Crippen LogP contribution in [0.1, 0.15) is 11.7 Å². The van der Waals surface area contributed by atoms with Crippen LogP contribution in [-0.2, 0) is 0 Å². The smallest absolute Gasteiger partial charge is 0.193 e. The maximum absolute atomic E-state index is 8.84.